The summed E-state index contributed by atoms with van der Waals surface area (Å²) in [6.07, 6.45) is 20.0. The molecule has 2 atom stereocenters. The Kier molecular flexibility index (Phi) is 13.3. The lowest BCUT2D eigenvalue weighted by molar-refractivity contribution is -0.272. The Morgan fingerprint density at radius 3 is 1.84 bits per heavy atom. The van der Waals surface area contributed by atoms with Crippen LogP contribution in [0.2, 0.25) is 0 Å². The maximum absolute atomic E-state index is 7.13. The van der Waals surface area contributed by atoms with Crippen molar-refractivity contribution in [1.29, 1.82) is 0 Å². The second kappa shape index (κ2) is 19.3. The van der Waals surface area contributed by atoms with E-state index in [0.717, 1.165) is 56.9 Å². The zero-order chi connectivity index (χ0) is 44.8. The van der Waals surface area contributed by atoms with Crippen LogP contribution >= 0.6 is 0 Å². The first-order valence-corrected chi connectivity index (χ1v) is 22.7. The molecule has 7 aromatic rings. The molecular weight excluding hydrogens is 779 g/mol. The SMILES string of the molecule is C=CC(=CC=CC)N(c1ccccc1)c1cc2c3ccccc3c(N(C3=CC=CCC=C3)c3cccc(C(C)ON(C(c4ccccc4)C(C)C)C(C)(C)C)c3)cc2c2ccccc12. The summed E-state index contributed by atoms with van der Waals surface area (Å²) in [5.74, 6) is 0.325. The summed E-state index contributed by atoms with van der Waals surface area (Å²) in [7, 11) is 0. The predicted molar refractivity (Wildman–Crippen MR) is 275 cm³/mol. The van der Waals surface area contributed by atoms with Gasteiger partial charge in [-0.05, 0) is 140 Å². The molecular formula is C60H61N3O. The highest BCUT2D eigenvalue weighted by Crippen LogP contribution is 2.47. The van der Waals surface area contributed by atoms with Crippen LogP contribution in [-0.4, -0.2) is 10.6 Å². The molecule has 0 aromatic heterocycles. The van der Waals surface area contributed by atoms with E-state index in [1.807, 2.05) is 13.0 Å². The highest BCUT2D eigenvalue weighted by molar-refractivity contribution is 6.24. The molecule has 7 aromatic carbocycles. The molecule has 0 spiro atoms. The molecule has 8 rings (SSSR count). The van der Waals surface area contributed by atoms with E-state index >= 15 is 0 Å². The van der Waals surface area contributed by atoms with Crippen molar-refractivity contribution in [3.05, 3.63) is 229 Å². The summed E-state index contributed by atoms with van der Waals surface area (Å²) in [5.41, 5.74) is 8.51. The number of anilines is 4. The normalized spacial score (nSPS) is 14.4. The Labute approximate surface area is 381 Å². The standard InChI is InChI=1S/C60H61N3O/c1-9-11-30-47(10-2)61(48-33-20-15-21-34-48)57-41-55-52-37-23-25-39-54(52)58(42-56(55)51-36-22-24-38-53(51)57)62(49-31-18-12-13-19-32-49)50-35-26-29-46(40-50)44(5)64-63(60(6,7)8)59(43(3)4)45-27-16-14-17-28-45/h9-12,14-44,59H,2,13H2,1,3-8H3. The van der Waals surface area contributed by atoms with Crippen LogP contribution in [0.25, 0.3) is 32.3 Å². The van der Waals surface area contributed by atoms with E-state index < -0.39 is 0 Å². The molecule has 0 saturated heterocycles. The molecule has 1 aliphatic carbocycles. The summed E-state index contributed by atoms with van der Waals surface area (Å²) in [6.45, 7) is 19.8. The number of nitrogens with zero attached hydrogens (tertiary/aromatic N) is 3. The maximum atomic E-state index is 7.13. The number of benzene rings is 7. The zero-order valence-electron chi connectivity index (χ0n) is 38.4. The number of para-hydroxylation sites is 1. The lowest BCUT2D eigenvalue weighted by Crippen LogP contribution is -2.46. The fraction of sp³-hybridized carbons (Fsp3) is 0.200. The minimum absolute atomic E-state index is 0.0723. The molecule has 0 amide bonds. The molecule has 0 saturated carbocycles. The van der Waals surface area contributed by atoms with Gasteiger partial charge in [0.05, 0.1) is 17.4 Å². The molecule has 322 valence electrons. The minimum atomic E-state index is -0.258. The van der Waals surface area contributed by atoms with Crippen LogP contribution in [0.5, 0.6) is 0 Å². The van der Waals surface area contributed by atoms with Crippen molar-refractivity contribution in [3.63, 3.8) is 0 Å². The second-order valence-electron chi connectivity index (χ2n) is 17.9. The van der Waals surface area contributed by atoms with Gasteiger partial charge in [-0.2, -0.15) is 5.06 Å². The van der Waals surface area contributed by atoms with E-state index in [-0.39, 0.29) is 17.7 Å². The number of hydroxylamine groups is 2. The van der Waals surface area contributed by atoms with Crippen molar-refractivity contribution in [2.24, 2.45) is 5.92 Å². The summed E-state index contributed by atoms with van der Waals surface area (Å²) in [5, 5.41) is 9.28. The maximum Gasteiger partial charge on any atom is 0.102 e. The van der Waals surface area contributed by atoms with Gasteiger partial charge in [0.1, 0.15) is 6.10 Å². The predicted octanol–water partition coefficient (Wildman–Crippen LogP) is 17.0. The van der Waals surface area contributed by atoms with Crippen LogP contribution in [0.4, 0.5) is 22.7 Å². The summed E-state index contributed by atoms with van der Waals surface area (Å²) in [4.78, 5) is 11.9. The third-order valence-corrected chi connectivity index (χ3v) is 12.0. The molecule has 0 N–H and O–H groups in total. The molecule has 4 heteroatoms. The molecule has 0 bridgehead atoms. The van der Waals surface area contributed by atoms with E-state index in [0.29, 0.717) is 5.92 Å². The molecule has 1 aliphatic rings. The Morgan fingerprint density at radius 2 is 1.22 bits per heavy atom. The average molecular weight is 840 g/mol. The van der Waals surface area contributed by atoms with Crippen LogP contribution in [0.15, 0.2) is 218 Å². The highest BCUT2D eigenvalue weighted by Gasteiger charge is 2.35. The molecule has 4 nitrogen and oxygen atoms in total. The second-order valence-corrected chi connectivity index (χ2v) is 17.9. The lowest BCUT2D eigenvalue weighted by Gasteiger charge is -2.44. The number of rotatable bonds is 14. The third kappa shape index (κ3) is 9.03. The fourth-order valence-corrected chi connectivity index (χ4v) is 9.09. The lowest BCUT2D eigenvalue weighted by atomic mass is 9.92. The van der Waals surface area contributed by atoms with Gasteiger partial charge in [0, 0.05) is 39.1 Å². The summed E-state index contributed by atoms with van der Waals surface area (Å²) >= 11 is 0. The topological polar surface area (TPSA) is 19.0 Å². The van der Waals surface area contributed by atoms with E-state index in [4.69, 9.17) is 4.84 Å². The van der Waals surface area contributed by atoms with Crippen molar-refractivity contribution >= 4 is 55.1 Å². The first kappa shape index (κ1) is 43.9. The number of hydrogen-bond acceptors (Lipinski definition) is 4. The van der Waals surface area contributed by atoms with Crippen molar-refractivity contribution in [2.45, 2.75) is 72.6 Å². The first-order chi connectivity index (χ1) is 31.1. The third-order valence-electron chi connectivity index (χ3n) is 12.0. The average Bonchev–Trinajstić information content (AvgIpc) is 3.60. The van der Waals surface area contributed by atoms with Crippen LogP contribution in [0.1, 0.15) is 78.2 Å². The first-order valence-electron chi connectivity index (χ1n) is 22.7. The molecule has 0 heterocycles. The number of hydrogen-bond donors (Lipinski definition) is 0. The van der Waals surface area contributed by atoms with E-state index in [1.165, 1.54) is 27.1 Å². The summed E-state index contributed by atoms with van der Waals surface area (Å²) < 4.78 is 0. The zero-order valence-corrected chi connectivity index (χ0v) is 38.4. The minimum Gasteiger partial charge on any atom is -0.310 e. The van der Waals surface area contributed by atoms with Gasteiger partial charge in [-0.1, -0.05) is 160 Å². The van der Waals surface area contributed by atoms with E-state index in [1.54, 1.807) is 0 Å². The molecule has 0 radical (unpaired) electrons. The van der Waals surface area contributed by atoms with Gasteiger partial charge in [0.25, 0.3) is 0 Å². The molecule has 2 unspecified atom stereocenters. The number of allylic oxidation sites excluding steroid dienone is 9. The van der Waals surface area contributed by atoms with Crippen LogP contribution < -0.4 is 9.80 Å². The van der Waals surface area contributed by atoms with Gasteiger partial charge in [-0.25, -0.2) is 0 Å². The van der Waals surface area contributed by atoms with Gasteiger partial charge in [-0.15, -0.1) is 0 Å². The Bertz CT molecular complexity index is 2910. The van der Waals surface area contributed by atoms with Crippen LogP contribution in [-0.2, 0) is 4.84 Å². The van der Waals surface area contributed by atoms with Gasteiger partial charge in [0.2, 0.25) is 0 Å². The number of fused-ring (bicyclic) bond motifs is 5. The molecule has 0 aliphatic heterocycles. The molecule has 0 fully saturated rings. The summed E-state index contributed by atoms with van der Waals surface area (Å²) in [6, 6.07) is 52.8. The van der Waals surface area contributed by atoms with Crippen molar-refractivity contribution < 1.29 is 4.84 Å². The largest absolute Gasteiger partial charge is 0.310 e. The van der Waals surface area contributed by atoms with Crippen molar-refractivity contribution in [3.8, 4) is 0 Å². The quantitative estimate of drug-likeness (QED) is 0.0617. The molecule has 64 heavy (non-hydrogen) atoms. The van der Waals surface area contributed by atoms with E-state index in [2.05, 4.69) is 257 Å². The van der Waals surface area contributed by atoms with Crippen molar-refractivity contribution in [2.75, 3.05) is 9.80 Å². The van der Waals surface area contributed by atoms with Gasteiger partial charge >= 0.3 is 0 Å². The fourth-order valence-electron chi connectivity index (χ4n) is 9.09. The van der Waals surface area contributed by atoms with Gasteiger partial charge in [0.15, 0.2) is 0 Å². The monoisotopic (exact) mass is 839 g/mol. The van der Waals surface area contributed by atoms with Crippen LogP contribution in [0.3, 0.4) is 0 Å². The Hall–Kier alpha value is -6.72. The highest BCUT2D eigenvalue weighted by atomic mass is 16.7. The van der Waals surface area contributed by atoms with Crippen LogP contribution in [0, 0.1) is 5.92 Å². The Balaban J connectivity index is 1.32. The van der Waals surface area contributed by atoms with E-state index in [9.17, 15) is 0 Å². The van der Waals surface area contributed by atoms with Crippen molar-refractivity contribution in [1.82, 2.24) is 5.06 Å². The van der Waals surface area contributed by atoms with Gasteiger partial charge < -0.3 is 9.80 Å². The smallest absolute Gasteiger partial charge is 0.102 e. The van der Waals surface area contributed by atoms with Gasteiger partial charge in [-0.3, -0.25) is 4.84 Å². The Morgan fingerprint density at radius 1 is 0.641 bits per heavy atom.